The maximum atomic E-state index is 13.3. The number of carbonyl (C=O) groups is 1. The van der Waals surface area contributed by atoms with Gasteiger partial charge in [0.25, 0.3) is 10.0 Å². The maximum Gasteiger partial charge on any atom is 0.264 e. The summed E-state index contributed by atoms with van der Waals surface area (Å²) in [6, 6.07) is 21.8. The van der Waals surface area contributed by atoms with Crippen LogP contribution in [-0.4, -0.2) is 27.4 Å². The number of amides is 1. The van der Waals surface area contributed by atoms with E-state index in [0.717, 1.165) is 27.2 Å². The lowest BCUT2D eigenvalue weighted by molar-refractivity contribution is -0.119. The molecular formula is C25H27BrN2O3S. The monoisotopic (exact) mass is 514 g/mol. The first-order valence-corrected chi connectivity index (χ1v) is 12.7. The van der Waals surface area contributed by atoms with E-state index in [-0.39, 0.29) is 17.3 Å². The second-order valence-corrected chi connectivity index (χ2v) is 10.5. The van der Waals surface area contributed by atoms with Gasteiger partial charge in [0.1, 0.15) is 6.54 Å². The Kier molecular flexibility index (Phi) is 8.10. The molecule has 0 saturated carbocycles. The summed E-state index contributed by atoms with van der Waals surface area (Å²) in [5.74, 6) is -0.340. The molecule has 0 aromatic heterocycles. The number of aryl methyl sites for hydroxylation is 3. The van der Waals surface area contributed by atoms with E-state index in [0.29, 0.717) is 12.2 Å². The van der Waals surface area contributed by atoms with E-state index < -0.39 is 10.0 Å². The molecule has 0 aliphatic carbocycles. The molecule has 3 aromatic rings. The van der Waals surface area contributed by atoms with Gasteiger partial charge in [-0.1, -0.05) is 63.5 Å². The molecule has 32 heavy (non-hydrogen) atoms. The third-order valence-corrected chi connectivity index (χ3v) is 7.41. The number of hydrogen-bond donors (Lipinski definition) is 1. The molecular weight excluding hydrogens is 488 g/mol. The average Bonchev–Trinajstić information content (AvgIpc) is 2.77. The van der Waals surface area contributed by atoms with Crippen LogP contribution in [-0.2, 0) is 21.2 Å². The fourth-order valence-corrected chi connectivity index (χ4v) is 4.91. The van der Waals surface area contributed by atoms with Gasteiger partial charge in [-0.2, -0.15) is 0 Å². The second kappa shape index (κ2) is 10.8. The van der Waals surface area contributed by atoms with Crippen LogP contribution in [0, 0.1) is 13.8 Å². The number of benzene rings is 3. The number of anilines is 1. The van der Waals surface area contributed by atoms with Crippen LogP contribution in [0.2, 0.25) is 0 Å². The summed E-state index contributed by atoms with van der Waals surface area (Å²) in [6.07, 6.45) is 1.62. The zero-order valence-corrected chi connectivity index (χ0v) is 20.6. The molecule has 1 amide bonds. The van der Waals surface area contributed by atoms with Crippen LogP contribution < -0.4 is 9.62 Å². The number of sulfonamides is 1. The summed E-state index contributed by atoms with van der Waals surface area (Å²) >= 11 is 3.37. The summed E-state index contributed by atoms with van der Waals surface area (Å²) < 4.78 is 28.7. The minimum atomic E-state index is -3.90. The Labute approximate surface area is 198 Å². The van der Waals surface area contributed by atoms with Gasteiger partial charge in [0.2, 0.25) is 5.91 Å². The van der Waals surface area contributed by atoms with Crippen molar-refractivity contribution in [2.75, 3.05) is 17.4 Å². The Bertz CT molecular complexity index is 1140. The summed E-state index contributed by atoms with van der Waals surface area (Å²) in [4.78, 5) is 12.8. The van der Waals surface area contributed by atoms with Crippen LogP contribution in [0.15, 0.2) is 82.2 Å². The van der Waals surface area contributed by atoms with E-state index in [9.17, 15) is 13.2 Å². The van der Waals surface area contributed by atoms with Gasteiger partial charge >= 0.3 is 0 Å². The van der Waals surface area contributed by atoms with Gasteiger partial charge in [0.05, 0.1) is 10.6 Å². The lowest BCUT2D eigenvalue weighted by atomic mass is 10.1. The van der Waals surface area contributed by atoms with Crippen molar-refractivity contribution in [3.8, 4) is 0 Å². The van der Waals surface area contributed by atoms with Crippen LogP contribution >= 0.6 is 15.9 Å². The first-order valence-electron chi connectivity index (χ1n) is 10.4. The molecule has 3 aromatic carbocycles. The van der Waals surface area contributed by atoms with E-state index in [1.54, 1.807) is 48.5 Å². The molecule has 168 valence electrons. The van der Waals surface area contributed by atoms with Crippen molar-refractivity contribution >= 4 is 37.5 Å². The van der Waals surface area contributed by atoms with Gasteiger partial charge in [-0.3, -0.25) is 9.10 Å². The molecule has 0 aliphatic rings. The molecule has 5 nitrogen and oxygen atoms in total. The smallest absolute Gasteiger partial charge is 0.264 e. The van der Waals surface area contributed by atoms with Gasteiger partial charge in [0, 0.05) is 11.0 Å². The van der Waals surface area contributed by atoms with Crippen molar-refractivity contribution in [1.82, 2.24) is 5.32 Å². The molecule has 0 atom stereocenters. The predicted octanol–water partition coefficient (Wildman–Crippen LogP) is 5.01. The average molecular weight is 515 g/mol. The standard InChI is InChI=1S/C25H27BrN2O3S/c1-19-5-9-21(10-6-19)4-3-17-27-25(29)18-28(23-13-11-22(26)12-14-23)32(30,31)24-15-7-20(2)8-16-24/h5-16H,3-4,17-18H2,1-2H3,(H,27,29). The number of halogens is 1. The van der Waals surface area contributed by atoms with Crippen molar-refractivity contribution in [3.05, 3.63) is 94.0 Å². The van der Waals surface area contributed by atoms with E-state index in [2.05, 4.69) is 45.5 Å². The first-order chi connectivity index (χ1) is 15.3. The normalized spacial score (nSPS) is 11.2. The number of carbonyl (C=O) groups excluding carboxylic acids is 1. The third-order valence-electron chi connectivity index (χ3n) is 5.10. The Balaban J connectivity index is 1.69. The van der Waals surface area contributed by atoms with Gasteiger partial charge in [0.15, 0.2) is 0 Å². The number of nitrogens with one attached hydrogen (secondary N) is 1. The van der Waals surface area contributed by atoms with Crippen LogP contribution in [0.25, 0.3) is 0 Å². The molecule has 0 aliphatic heterocycles. The molecule has 0 bridgehead atoms. The Morgan fingerprint density at radius 2 is 1.44 bits per heavy atom. The fraction of sp³-hybridized carbons (Fsp3) is 0.240. The maximum absolute atomic E-state index is 13.3. The van der Waals surface area contributed by atoms with Crippen LogP contribution in [0.4, 0.5) is 5.69 Å². The van der Waals surface area contributed by atoms with Gasteiger partial charge in [-0.25, -0.2) is 8.42 Å². The van der Waals surface area contributed by atoms with Crippen molar-refractivity contribution in [3.63, 3.8) is 0 Å². The van der Waals surface area contributed by atoms with E-state index in [1.807, 2.05) is 13.8 Å². The summed E-state index contributed by atoms with van der Waals surface area (Å²) in [5, 5.41) is 2.85. The summed E-state index contributed by atoms with van der Waals surface area (Å²) in [6.45, 7) is 4.13. The molecule has 0 spiro atoms. The quantitative estimate of drug-likeness (QED) is 0.408. The Hall–Kier alpha value is -2.64. The largest absolute Gasteiger partial charge is 0.355 e. The lowest BCUT2D eigenvalue weighted by Crippen LogP contribution is -2.41. The number of hydrogen-bond acceptors (Lipinski definition) is 3. The van der Waals surface area contributed by atoms with E-state index in [4.69, 9.17) is 0 Å². The highest BCUT2D eigenvalue weighted by atomic mass is 79.9. The molecule has 0 heterocycles. The van der Waals surface area contributed by atoms with Gasteiger partial charge < -0.3 is 5.32 Å². The van der Waals surface area contributed by atoms with E-state index in [1.165, 1.54) is 11.1 Å². The van der Waals surface area contributed by atoms with Gasteiger partial charge in [-0.05, 0) is 68.7 Å². The predicted molar refractivity (Wildman–Crippen MR) is 132 cm³/mol. The molecule has 0 fully saturated rings. The molecule has 7 heteroatoms. The van der Waals surface area contributed by atoms with Crippen molar-refractivity contribution in [2.24, 2.45) is 0 Å². The third kappa shape index (κ3) is 6.43. The Morgan fingerprint density at radius 1 is 0.875 bits per heavy atom. The van der Waals surface area contributed by atoms with Gasteiger partial charge in [-0.15, -0.1) is 0 Å². The molecule has 1 N–H and O–H groups in total. The molecule has 0 radical (unpaired) electrons. The first kappa shape index (κ1) is 24.0. The highest BCUT2D eigenvalue weighted by Crippen LogP contribution is 2.25. The topological polar surface area (TPSA) is 66.5 Å². The highest BCUT2D eigenvalue weighted by molar-refractivity contribution is 9.10. The van der Waals surface area contributed by atoms with Crippen LogP contribution in [0.5, 0.6) is 0 Å². The zero-order chi connectivity index (χ0) is 23.1. The van der Waals surface area contributed by atoms with Crippen molar-refractivity contribution < 1.29 is 13.2 Å². The summed E-state index contributed by atoms with van der Waals surface area (Å²) in [7, 11) is -3.90. The SMILES string of the molecule is Cc1ccc(CCCNC(=O)CN(c2ccc(Br)cc2)S(=O)(=O)c2ccc(C)cc2)cc1. The molecule has 0 saturated heterocycles. The fourth-order valence-electron chi connectivity index (χ4n) is 3.22. The van der Waals surface area contributed by atoms with Crippen LogP contribution in [0.3, 0.4) is 0 Å². The minimum absolute atomic E-state index is 0.151. The lowest BCUT2D eigenvalue weighted by Gasteiger charge is -2.24. The zero-order valence-electron chi connectivity index (χ0n) is 18.2. The second-order valence-electron chi connectivity index (χ2n) is 7.74. The summed E-state index contributed by atoms with van der Waals surface area (Å²) in [5.41, 5.74) is 3.82. The van der Waals surface area contributed by atoms with Crippen molar-refractivity contribution in [1.29, 1.82) is 0 Å². The highest BCUT2D eigenvalue weighted by Gasteiger charge is 2.27. The van der Waals surface area contributed by atoms with Crippen molar-refractivity contribution in [2.45, 2.75) is 31.6 Å². The Morgan fingerprint density at radius 3 is 2.03 bits per heavy atom. The van der Waals surface area contributed by atoms with E-state index >= 15 is 0 Å². The molecule has 0 unspecified atom stereocenters. The minimum Gasteiger partial charge on any atom is -0.355 e. The number of nitrogens with zero attached hydrogens (tertiary/aromatic N) is 1. The van der Waals surface area contributed by atoms with Crippen LogP contribution in [0.1, 0.15) is 23.1 Å². The molecule has 3 rings (SSSR count). The number of rotatable bonds is 9.